The number of fused-ring (bicyclic) bond motifs is 3. The van der Waals surface area contributed by atoms with E-state index < -0.39 is 0 Å². The topological polar surface area (TPSA) is 55.7 Å². The lowest BCUT2D eigenvalue weighted by Crippen LogP contribution is -2.26. The Morgan fingerprint density at radius 1 is 0.800 bits per heavy atom. The number of unbranched alkanes of at least 4 members (excludes halogenated alkanes) is 5. The molecule has 2 aromatic rings. The van der Waals surface area contributed by atoms with E-state index in [0.29, 0.717) is 12.0 Å². The van der Waals surface area contributed by atoms with Crippen molar-refractivity contribution < 1.29 is 14.4 Å². The molecule has 0 radical (unpaired) electrons. The summed E-state index contributed by atoms with van der Waals surface area (Å²) in [5, 5.41) is 3.89. The van der Waals surface area contributed by atoms with Gasteiger partial charge in [0.2, 0.25) is 5.78 Å². The van der Waals surface area contributed by atoms with Crippen molar-refractivity contribution >= 4 is 17.5 Å². The zero-order valence-electron chi connectivity index (χ0n) is 22.0. The van der Waals surface area contributed by atoms with Crippen LogP contribution in [-0.4, -0.2) is 17.5 Å². The van der Waals surface area contributed by atoms with Gasteiger partial charge in [-0.2, -0.15) is 0 Å². The molecule has 1 aliphatic carbocycles. The van der Waals surface area contributed by atoms with Gasteiger partial charge in [0.15, 0.2) is 0 Å². The molecule has 35 heavy (non-hydrogen) atoms. The number of carbonyl (C=O) groups excluding carboxylic acids is 2. The maximum absolute atomic E-state index is 13.2. The highest BCUT2D eigenvalue weighted by molar-refractivity contribution is 6.45. The number of ketones is 1. The molecule has 0 N–H and O–H groups in total. The van der Waals surface area contributed by atoms with E-state index in [0.717, 1.165) is 64.2 Å². The lowest BCUT2D eigenvalue weighted by atomic mass is 9.70. The second kappa shape index (κ2) is 12.8. The predicted octanol–water partition coefficient (Wildman–Crippen LogP) is 8.41. The van der Waals surface area contributed by atoms with Gasteiger partial charge in [0.1, 0.15) is 5.71 Å². The summed E-state index contributed by atoms with van der Waals surface area (Å²) in [5.41, 5.74) is 5.92. The molecule has 0 bridgehead atoms. The molecular formula is C31H41NO3. The largest absolute Gasteiger partial charge is 0.335 e. The molecule has 4 heteroatoms. The zero-order valence-corrected chi connectivity index (χ0v) is 22.0. The van der Waals surface area contributed by atoms with Gasteiger partial charge < -0.3 is 4.84 Å². The number of hydrogen-bond donors (Lipinski definition) is 0. The number of carbonyl (C=O) groups is 2. The first-order valence-corrected chi connectivity index (χ1v) is 13.5. The minimum atomic E-state index is -0.379. The van der Waals surface area contributed by atoms with Crippen LogP contribution in [0.5, 0.6) is 0 Å². The molecule has 2 aromatic carbocycles. The van der Waals surface area contributed by atoms with Gasteiger partial charge >= 0.3 is 5.97 Å². The van der Waals surface area contributed by atoms with Crippen LogP contribution in [-0.2, 0) is 15.0 Å². The molecule has 0 unspecified atom stereocenters. The summed E-state index contributed by atoms with van der Waals surface area (Å²) in [5.74, 6) is -0.571. The Bertz CT molecular complexity index is 1040. The van der Waals surface area contributed by atoms with Gasteiger partial charge in [-0.1, -0.05) is 107 Å². The first-order chi connectivity index (χ1) is 17.0. The monoisotopic (exact) mass is 475 g/mol. The van der Waals surface area contributed by atoms with Crippen molar-refractivity contribution in [1.29, 1.82) is 0 Å². The maximum Gasteiger partial charge on any atom is 0.335 e. The third-order valence-corrected chi connectivity index (χ3v) is 7.29. The summed E-state index contributed by atoms with van der Waals surface area (Å²) in [6, 6.07) is 14.8. The molecule has 0 saturated carbocycles. The number of Topliss-reactive ketones (excluding diaryl/α,β-unsaturated/α-hetero) is 1. The smallest absolute Gasteiger partial charge is 0.318 e. The van der Waals surface area contributed by atoms with E-state index in [1.807, 2.05) is 6.07 Å². The van der Waals surface area contributed by atoms with E-state index in [9.17, 15) is 9.59 Å². The van der Waals surface area contributed by atoms with E-state index in [2.05, 4.69) is 62.3 Å². The van der Waals surface area contributed by atoms with Crippen molar-refractivity contribution in [1.82, 2.24) is 0 Å². The van der Waals surface area contributed by atoms with Crippen molar-refractivity contribution in [2.45, 2.75) is 104 Å². The van der Waals surface area contributed by atoms with Crippen LogP contribution in [0.25, 0.3) is 11.1 Å². The SMILES string of the molecule is CCCCCCC(=O)O/N=C(/C)C(=O)c1ccc2c(c1)C(CCCC)(CCCC)c1ccccc1-2. The van der Waals surface area contributed by atoms with Crippen LogP contribution in [0.1, 0.15) is 120 Å². The highest BCUT2D eigenvalue weighted by atomic mass is 16.7. The van der Waals surface area contributed by atoms with Crippen LogP contribution >= 0.6 is 0 Å². The van der Waals surface area contributed by atoms with Crippen molar-refractivity contribution in [3.8, 4) is 11.1 Å². The summed E-state index contributed by atoms with van der Waals surface area (Å²) in [4.78, 5) is 30.3. The summed E-state index contributed by atoms with van der Waals surface area (Å²) in [6.07, 6.45) is 11.1. The van der Waals surface area contributed by atoms with Gasteiger partial charge in [0.25, 0.3) is 0 Å². The average Bonchev–Trinajstić information content (AvgIpc) is 3.16. The van der Waals surface area contributed by atoms with Crippen LogP contribution in [0.3, 0.4) is 0 Å². The molecule has 0 spiro atoms. The van der Waals surface area contributed by atoms with Gasteiger partial charge in [0, 0.05) is 17.4 Å². The van der Waals surface area contributed by atoms with Crippen molar-refractivity contribution in [3.05, 3.63) is 59.2 Å². The van der Waals surface area contributed by atoms with Crippen LogP contribution in [0.2, 0.25) is 0 Å². The molecule has 0 aliphatic heterocycles. The van der Waals surface area contributed by atoms with Crippen molar-refractivity contribution in [3.63, 3.8) is 0 Å². The van der Waals surface area contributed by atoms with E-state index in [1.165, 1.54) is 22.3 Å². The fraction of sp³-hybridized carbons (Fsp3) is 0.516. The predicted molar refractivity (Wildman–Crippen MR) is 144 cm³/mol. The Labute approximate surface area is 211 Å². The second-order valence-electron chi connectivity index (χ2n) is 9.87. The second-order valence-corrected chi connectivity index (χ2v) is 9.87. The standard InChI is InChI=1S/C31H41NO3/c1-5-8-11-12-17-29(33)35-32-23(4)30(34)24-18-19-26-25-15-13-14-16-27(25)31(20-9-6-2,21-10-7-3)28(26)22-24/h13-16,18-19,22H,5-12,17,20-21H2,1-4H3/b32-23-. The van der Waals surface area contributed by atoms with E-state index in [4.69, 9.17) is 4.84 Å². The number of hydrogen-bond acceptors (Lipinski definition) is 4. The number of oxime groups is 1. The molecule has 0 heterocycles. The molecule has 0 aromatic heterocycles. The Morgan fingerprint density at radius 3 is 2.14 bits per heavy atom. The number of nitrogens with zero attached hydrogens (tertiary/aromatic N) is 1. The molecule has 4 nitrogen and oxygen atoms in total. The van der Waals surface area contributed by atoms with E-state index >= 15 is 0 Å². The molecular weight excluding hydrogens is 434 g/mol. The van der Waals surface area contributed by atoms with Gasteiger partial charge in [0.05, 0.1) is 0 Å². The Balaban J connectivity index is 1.87. The van der Waals surface area contributed by atoms with Gasteiger partial charge in [-0.05, 0) is 54.5 Å². The van der Waals surface area contributed by atoms with Crippen molar-refractivity contribution in [2.75, 3.05) is 0 Å². The Kier molecular flexibility index (Phi) is 9.83. The Hall–Kier alpha value is -2.75. The number of rotatable bonds is 14. The fourth-order valence-corrected chi connectivity index (χ4v) is 5.33. The fourth-order valence-electron chi connectivity index (χ4n) is 5.33. The van der Waals surface area contributed by atoms with E-state index in [1.54, 1.807) is 6.92 Å². The van der Waals surface area contributed by atoms with Crippen LogP contribution in [0, 0.1) is 0 Å². The third-order valence-electron chi connectivity index (χ3n) is 7.29. The highest BCUT2D eigenvalue weighted by Gasteiger charge is 2.42. The molecule has 0 saturated heterocycles. The van der Waals surface area contributed by atoms with E-state index in [-0.39, 0.29) is 22.9 Å². The lowest BCUT2D eigenvalue weighted by molar-refractivity contribution is -0.143. The zero-order chi connectivity index (χ0) is 25.3. The quantitative estimate of drug-likeness (QED) is 0.0906. The molecule has 188 valence electrons. The Morgan fingerprint density at radius 2 is 1.46 bits per heavy atom. The lowest BCUT2D eigenvalue weighted by Gasteiger charge is -2.32. The van der Waals surface area contributed by atoms with Crippen LogP contribution < -0.4 is 0 Å². The summed E-state index contributed by atoms with van der Waals surface area (Å²) >= 11 is 0. The first-order valence-electron chi connectivity index (χ1n) is 13.5. The molecule has 0 atom stereocenters. The summed E-state index contributed by atoms with van der Waals surface area (Å²) in [6.45, 7) is 8.23. The summed E-state index contributed by atoms with van der Waals surface area (Å²) in [7, 11) is 0. The molecule has 1 aliphatic rings. The van der Waals surface area contributed by atoms with Crippen molar-refractivity contribution in [2.24, 2.45) is 5.16 Å². The first kappa shape index (κ1) is 26.8. The maximum atomic E-state index is 13.2. The highest BCUT2D eigenvalue weighted by Crippen LogP contribution is 2.54. The third kappa shape index (κ3) is 6.09. The summed E-state index contributed by atoms with van der Waals surface area (Å²) < 4.78 is 0. The van der Waals surface area contributed by atoms with Crippen LogP contribution in [0.15, 0.2) is 47.6 Å². The molecule has 0 fully saturated rings. The minimum Gasteiger partial charge on any atom is -0.318 e. The van der Waals surface area contributed by atoms with Gasteiger partial charge in [-0.15, -0.1) is 0 Å². The number of benzene rings is 2. The van der Waals surface area contributed by atoms with Gasteiger partial charge in [-0.3, -0.25) is 4.79 Å². The average molecular weight is 476 g/mol. The normalized spacial score (nSPS) is 13.9. The molecule has 3 rings (SSSR count). The van der Waals surface area contributed by atoms with Gasteiger partial charge in [-0.25, -0.2) is 4.79 Å². The van der Waals surface area contributed by atoms with Crippen LogP contribution in [0.4, 0.5) is 0 Å². The molecule has 0 amide bonds. The minimum absolute atomic E-state index is 0.0652.